The van der Waals surface area contributed by atoms with Gasteiger partial charge in [0.1, 0.15) is 0 Å². The monoisotopic (exact) mass is 297 g/mol. The topological polar surface area (TPSA) is 46.2 Å². The second kappa shape index (κ2) is 4.79. The van der Waals surface area contributed by atoms with Gasteiger partial charge < -0.3 is 5.32 Å². The normalized spacial score (nSPS) is 32.4. The van der Waals surface area contributed by atoms with E-state index in [4.69, 9.17) is 0 Å². The van der Waals surface area contributed by atoms with Crippen molar-refractivity contribution in [2.24, 2.45) is 0 Å². The lowest BCUT2D eigenvalue weighted by Gasteiger charge is -2.25. The van der Waals surface area contributed by atoms with Gasteiger partial charge in [0.05, 0.1) is 10.6 Å². The molecule has 2 aliphatic heterocycles. The summed E-state index contributed by atoms with van der Waals surface area (Å²) in [5, 5.41) is 3.48. The van der Waals surface area contributed by atoms with Crippen LogP contribution in [0, 0.1) is 0 Å². The van der Waals surface area contributed by atoms with Gasteiger partial charge in [0, 0.05) is 17.3 Å². The lowest BCUT2D eigenvalue weighted by molar-refractivity contribution is 0.492. The van der Waals surface area contributed by atoms with Crippen molar-refractivity contribution >= 4 is 21.6 Å². The number of benzene rings is 1. The van der Waals surface area contributed by atoms with Gasteiger partial charge >= 0.3 is 0 Å². The Kier molecular flexibility index (Phi) is 3.39. The summed E-state index contributed by atoms with van der Waals surface area (Å²) in [6, 6.07) is 7.33. The smallest absolute Gasteiger partial charge is 0.180 e. The third kappa shape index (κ3) is 2.56. The van der Waals surface area contributed by atoms with Crippen molar-refractivity contribution < 1.29 is 8.42 Å². The minimum Gasteiger partial charge on any atom is -0.308 e. The molecule has 3 nitrogen and oxygen atoms in total. The van der Waals surface area contributed by atoms with Crippen LogP contribution >= 0.6 is 11.8 Å². The zero-order chi connectivity index (χ0) is 13.5. The highest BCUT2D eigenvalue weighted by molar-refractivity contribution is 8.00. The largest absolute Gasteiger partial charge is 0.308 e. The average molecular weight is 297 g/mol. The zero-order valence-electron chi connectivity index (χ0n) is 11.1. The summed E-state index contributed by atoms with van der Waals surface area (Å²) >= 11 is 2.00. The van der Waals surface area contributed by atoms with Crippen molar-refractivity contribution in [3.05, 3.63) is 29.8 Å². The molecule has 0 radical (unpaired) electrons. The van der Waals surface area contributed by atoms with Gasteiger partial charge in [-0.05, 0) is 37.1 Å². The summed E-state index contributed by atoms with van der Waals surface area (Å²) in [5.41, 5.74) is 0.939. The maximum Gasteiger partial charge on any atom is 0.180 e. The average Bonchev–Trinajstić information content (AvgIpc) is 2.91. The molecule has 2 aliphatic rings. The summed E-state index contributed by atoms with van der Waals surface area (Å²) in [6.45, 7) is 3.15. The fraction of sp³-hybridized carbons (Fsp3) is 0.571. The van der Waals surface area contributed by atoms with E-state index in [1.807, 2.05) is 23.9 Å². The van der Waals surface area contributed by atoms with E-state index in [0.29, 0.717) is 4.90 Å². The summed E-state index contributed by atoms with van der Waals surface area (Å²) in [7, 11) is -3.09. The fourth-order valence-electron chi connectivity index (χ4n) is 2.93. The second-order valence-corrected chi connectivity index (χ2v) is 9.34. The van der Waals surface area contributed by atoms with E-state index in [-0.39, 0.29) is 16.5 Å². The van der Waals surface area contributed by atoms with Crippen LogP contribution in [0.3, 0.4) is 0 Å². The van der Waals surface area contributed by atoms with Gasteiger partial charge in [-0.2, -0.15) is 11.8 Å². The zero-order valence-corrected chi connectivity index (χ0v) is 12.7. The molecule has 0 saturated carbocycles. The van der Waals surface area contributed by atoms with E-state index < -0.39 is 9.84 Å². The van der Waals surface area contributed by atoms with Crippen LogP contribution < -0.4 is 5.32 Å². The van der Waals surface area contributed by atoms with Crippen molar-refractivity contribution in [1.29, 1.82) is 0 Å². The predicted molar refractivity (Wildman–Crippen MR) is 79.3 cm³/mol. The highest BCUT2D eigenvalue weighted by atomic mass is 32.2. The molecule has 0 spiro atoms. The Morgan fingerprint density at radius 2 is 2.21 bits per heavy atom. The number of thioether (sulfide) groups is 1. The van der Waals surface area contributed by atoms with Crippen molar-refractivity contribution in [3.8, 4) is 0 Å². The summed E-state index contributed by atoms with van der Waals surface area (Å²) in [5.74, 6) is 1.42. The molecule has 5 heteroatoms. The van der Waals surface area contributed by atoms with Crippen molar-refractivity contribution in [2.75, 3.05) is 18.1 Å². The van der Waals surface area contributed by atoms with Crippen LogP contribution in [0.2, 0.25) is 0 Å². The van der Waals surface area contributed by atoms with Crippen LogP contribution in [0.1, 0.15) is 31.4 Å². The van der Waals surface area contributed by atoms with Crippen LogP contribution in [-0.2, 0) is 9.84 Å². The summed E-state index contributed by atoms with van der Waals surface area (Å²) in [6.07, 6.45) is 2.48. The lowest BCUT2D eigenvalue weighted by atomic mass is 10.0. The molecule has 19 heavy (non-hydrogen) atoms. The fourth-order valence-corrected chi connectivity index (χ4v) is 5.96. The Labute approximate surface area is 119 Å². The first-order chi connectivity index (χ1) is 9.00. The molecule has 1 fully saturated rings. The van der Waals surface area contributed by atoms with Gasteiger partial charge in [-0.25, -0.2) is 8.42 Å². The predicted octanol–water partition coefficient (Wildman–Crippen LogP) is 2.39. The third-order valence-electron chi connectivity index (χ3n) is 4.04. The molecular formula is C14H19NO2S2. The van der Waals surface area contributed by atoms with E-state index in [1.54, 1.807) is 12.1 Å². The number of hydrogen-bond acceptors (Lipinski definition) is 4. The van der Waals surface area contributed by atoms with Crippen LogP contribution in [0.4, 0.5) is 0 Å². The Morgan fingerprint density at radius 3 is 2.95 bits per heavy atom. The molecule has 1 aromatic carbocycles. The summed E-state index contributed by atoms with van der Waals surface area (Å²) < 4.78 is 24.5. The molecule has 3 rings (SSSR count). The van der Waals surface area contributed by atoms with Gasteiger partial charge in [-0.15, -0.1) is 0 Å². The maximum absolute atomic E-state index is 12.1. The minimum atomic E-state index is -3.09. The molecular weight excluding hydrogens is 278 g/mol. The van der Waals surface area contributed by atoms with Gasteiger partial charge in [-0.1, -0.05) is 18.2 Å². The number of hydrogen-bond donors (Lipinski definition) is 1. The minimum absolute atomic E-state index is 0.0424. The van der Waals surface area contributed by atoms with Crippen LogP contribution in [0.15, 0.2) is 29.2 Å². The van der Waals surface area contributed by atoms with E-state index in [1.165, 1.54) is 18.6 Å². The molecule has 0 aliphatic carbocycles. The van der Waals surface area contributed by atoms with E-state index >= 15 is 0 Å². The quantitative estimate of drug-likeness (QED) is 0.930. The Bertz CT molecular complexity index is 577. The number of fused-ring (bicyclic) bond motifs is 1. The molecule has 2 atom stereocenters. The maximum atomic E-state index is 12.1. The molecule has 1 aromatic rings. The molecule has 2 unspecified atom stereocenters. The SMILES string of the molecule is CC1(CNC2CS(=O)(=O)c3ccccc32)CCCS1. The van der Waals surface area contributed by atoms with Crippen molar-refractivity contribution in [3.63, 3.8) is 0 Å². The number of nitrogens with one attached hydrogen (secondary N) is 1. The first kappa shape index (κ1) is 13.5. The first-order valence-corrected chi connectivity index (χ1v) is 9.33. The summed E-state index contributed by atoms with van der Waals surface area (Å²) in [4.78, 5) is 0.511. The molecule has 0 amide bonds. The standard InChI is InChI=1S/C14H19NO2S2/c1-14(7-4-8-18-14)10-15-12-9-19(16,17)13-6-3-2-5-11(12)13/h2-3,5-6,12,15H,4,7-10H2,1H3. The van der Waals surface area contributed by atoms with Crippen molar-refractivity contribution in [1.82, 2.24) is 5.32 Å². The highest BCUT2D eigenvalue weighted by Gasteiger charge is 2.36. The van der Waals surface area contributed by atoms with Crippen LogP contribution in [0.5, 0.6) is 0 Å². The molecule has 1 saturated heterocycles. The van der Waals surface area contributed by atoms with Gasteiger partial charge in [-0.3, -0.25) is 0 Å². The first-order valence-electron chi connectivity index (χ1n) is 6.69. The van der Waals surface area contributed by atoms with E-state index in [2.05, 4.69) is 12.2 Å². The lowest BCUT2D eigenvalue weighted by Crippen LogP contribution is -2.35. The molecule has 104 valence electrons. The number of sulfone groups is 1. The third-order valence-corrected chi connectivity index (χ3v) is 7.39. The second-order valence-electron chi connectivity index (χ2n) is 5.65. The molecule has 0 aromatic heterocycles. The highest BCUT2D eigenvalue weighted by Crippen LogP contribution is 2.39. The van der Waals surface area contributed by atoms with Crippen molar-refractivity contribution in [2.45, 2.75) is 35.4 Å². The molecule has 0 bridgehead atoms. The van der Waals surface area contributed by atoms with Gasteiger partial charge in [0.2, 0.25) is 0 Å². The Balaban J connectivity index is 1.77. The Morgan fingerprint density at radius 1 is 1.42 bits per heavy atom. The van der Waals surface area contributed by atoms with E-state index in [9.17, 15) is 8.42 Å². The van der Waals surface area contributed by atoms with Gasteiger partial charge in [0.15, 0.2) is 9.84 Å². The van der Waals surface area contributed by atoms with Gasteiger partial charge in [0.25, 0.3) is 0 Å². The number of rotatable bonds is 3. The van der Waals surface area contributed by atoms with Crippen LogP contribution in [0.25, 0.3) is 0 Å². The molecule has 1 N–H and O–H groups in total. The molecule has 2 heterocycles. The van der Waals surface area contributed by atoms with Crippen LogP contribution in [-0.4, -0.2) is 31.2 Å². The Hall–Kier alpha value is -0.520. The van der Waals surface area contributed by atoms with E-state index in [0.717, 1.165) is 12.1 Å².